The summed E-state index contributed by atoms with van der Waals surface area (Å²) in [4.78, 5) is 6.79. The van der Waals surface area contributed by atoms with Crippen LogP contribution in [0, 0.1) is 11.3 Å². The number of piperidine rings is 1. The number of rotatable bonds is 7. The highest BCUT2D eigenvalue weighted by Gasteiger charge is 2.19. The van der Waals surface area contributed by atoms with Crippen LogP contribution in [-0.4, -0.2) is 56.3 Å². The number of hydrogen-bond acceptors (Lipinski definition) is 4. The van der Waals surface area contributed by atoms with Crippen LogP contribution in [0.15, 0.2) is 29.3 Å². The van der Waals surface area contributed by atoms with Gasteiger partial charge in [-0.25, -0.2) is 0 Å². The second-order valence-electron chi connectivity index (χ2n) is 6.91. The molecule has 0 spiro atoms. The van der Waals surface area contributed by atoms with E-state index in [1.165, 1.54) is 0 Å². The number of nitrogens with one attached hydrogen (secondary N) is 2. The fourth-order valence-electron chi connectivity index (χ4n) is 2.99. The lowest BCUT2D eigenvalue weighted by Gasteiger charge is -2.33. The first-order valence-corrected chi connectivity index (χ1v) is 9.41. The Balaban J connectivity index is 1.69. The Kier molecular flexibility index (Phi) is 8.39. The summed E-state index contributed by atoms with van der Waals surface area (Å²) in [5.41, 5.74) is 1.81. The van der Waals surface area contributed by atoms with Crippen LogP contribution in [0.4, 0.5) is 0 Å². The Bertz CT molecular complexity index is 598. The van der Waals surface area contributed by atoms with Gasteiger partial charge in [0.05, 0.1) is 24.3 Å². The molecule has 2 rings (SSSR count). The first kappa shape index (κ1) is 20.2. The summed E-state index contributed by atoms with van der Waals surface area (Å²) in [6.45, 7) is 8.84. The zero-order valence-corrected chi connectivity index (χ0v) is 16.2. The van der Waals surface area contributed by atoms with Crippen LogP contribution in [-0.2, 0) is 11.3 Å². The fourth-order valence-corrected chi connectivity index (χ4v) is 2.99. The maximum absolute atomic E-state index is 8.85. The molecule has 142 valence electrons. The minimum absolute atomic E-state index is 0.305. The molecule has 6 nitrogen and oxygen atoms in total. The van der Waals surface area contributed by atoms with E-state index in [1.54, 1.807) is 7.05 Å². The van der Waals surface area contributed by atoms with Crippen molar-refractivity contribution in [1.29, 1.82) is 5.26 Å². The Morgan fingerprint density at radius 2 is 2.00 bits per heavy atom. The van der Waals surface area contributed by atoms with Crippen molar-refractivity contribution in [3.8, 4) is 6.07 Å². The molecular weight excluding hydrogens is 326 g/mol. The Hall–Kier alpha value is -2.10. The minimum atomic E-state index is 0.305. The Labute approximate surface area is 157 Å². The third-order valence-electron chi connectivity index (χ3n) is 4.55. The van der Waals surface area contributed by atoms with E-state index in [-0.39, 0.29) is 0 Å². The lowest BCUT2D eigenvalue weighted by Crippen LogP contribution is -2.49. The Morgan fingerprint density at radius 3 is 2.58 bits per heavy atom. The quantitative estimate of drug-likeness (QED) is 0.578. The SMILES string of the molecule is CN=C(NCc1ccc(C#N)cc1)NC1CCN(CCOC(C)C)CC1. The van der Waals surface area contributed by atoms with Crippen LogP contribution in [0.25, 0.3) is 0 Å². The summed E-state index contributed by atoms with van der Waals surface area (Å²) in [7, 11) is 1.80. The molecule has 1 aliphatic rings. The lowest BCUT2D eigenvalue weighted by atomic mass is 10.1. The van der Waals surface area contributed by atoms with E-state index >= 15 is 0 Å². The molecule has 1 aliphatic heterocycles. The van der Waals surface area contributed by atoms with Crippen LogP contribution in [0.1, 0.15) is 37.8 Å². The lowest BCUT2D eigenvalue weighted by molar-refractivity contribution is 0.0532. The molecule has 0 saturated carbocycles. The topological polar surface area (TPSA) is 72.7 Å². The predicted molar refractivity (Wildman–Crippen MR) is 105 cm³/mol. The van der Waals surface area contributed by atoms with Gasteiger partial charge in [-0.1, -0.05) is 12.1 Å². The van der Waals surface area contributed by atoms with E-state index in [9.17, 15) is 0 Å². The minimum Gasteiger partial charge on any atom is -0.377 e. The van der Waals surface area contributed by atoms with Gasteiger partial charge in [0.1, 0.15) is 0 Å². The second kappa shape index (κ2) is 10.8. The van der Waals surface area contributed by atoms with Crippen molar-refractivity contribution < 1.29 is 4.74 Å². The number of nitriles is 1. The molecule has 1 fully saturated rings. The van der Waals surface area contributed by atoms with Crippen molar-refractivity contribution in [1.82, 2.24) is 15.5 Å². The van der Waals surface area contributed by atoms with Crippen LogP contribution < -0.4 is 10.6 Å². The third kappa shape index (κ3) is 7.03. The molecule has 0 unspecified atom stereocenters. The first-order valence-electron chi connectivity index (χ1n) is 9.41. The summed E-state index contributed by atoms with van der Waals surface area (Å²) >= 11 is 0. The number of hydrogen-bond donors (Lipinski definition) is 2. The Morgan fingerprint density at radius 1 is 1.31 bits per heavy atom. The molecule has 0 radical (unpaired) electrons. The number of benzene rings is 1. The average molecular weight is 358 g/mol. The second-order valence-corrected chi connectivity index (χ2v) is 6.91. The third-order valence-corrected chi connectivity index (χ3v) is 4.55. The molecule has 0 atom stereocenters. The summed E-state index contributed by atoms with van der Waals surface area (Å²) < 4.78 is 5.64. The highest BCUT2D eigenvalue weighted by Crippen LogP contribution is 2.10. The van der Waals surface area contributed by atoms with Crippen molar-refractivity contribution in [3.63, 3.8) is 0 Å². The van der Waals surface area contributed by atoms with Crippen molar-refractivity contribution in [2.24, 2.45) is 4.99 Å². The maximum atomic E-state index is 8.85. The van der Waals surface area contributed by atoms with E-state index in [0.29, 0.717) is 24.3 Å². The molecule has 1 aromatic carbocycles. The van der Waals surface area contributed by atoms with Gasteiger partial charge in [-0.05, 0) is 44.4 Å². The predicted octanol–water partition coefficient (Wildman–Crippen LogP) is 2.11. The number of likely N-dealkylation sites (tertiary alicyclic amines) is 1. The zero-order valence-electron chi connectivity index (χ0n) is 16.2. The molecule has 0 aromatic heterocycles. The van der Waals surface area contributed by atoms with E-state index in [2.05, 4.69) is 40.4 Å². The van der Waals surface area contributed by atoms with Crippen LogP contribution in [0.2, 0.25) is 0 Å². The van der Waals surface area contributed by atoms with Gasteiger partial charge in [0, 0.05) is 39.3 Å². The first-order chi connectivity index (χ1) is 12.6. The van der Waals surface area contributed by atoms with Gasteiger partial charge in [0.15, 0.2) is 5.96 Å². The highest BCUT2D eigenvalue weighted by molar-refractivity contribution is 5.79. The fraction of sp³-hybridized carbons (Fsp3) is 0.600. The summed E-state index contributed by atoms with van der Waals surface area (Å²) in [6, 6.07) is 10.2. The number of ether oxygens (including phenoxy) is 1. The molecule has 26 heavy (non-hydrogen) atoms. The van der Waals surface area contributed by atoms with Crippen LogP contribution in [0.5, 0.6) is 0 Å². The van der Waals surface area contributed by atoms with Crippen LogP contribution >= 0.6 is 0 Å². The largest absolute Gasteiger partial charge is 0.377 e. The van der Waals surface area contributed by atoms with Gasteiger partial charge in [-0.3, -0.25) is 4.99 Å². The molecule has 2 N–H and O–H groups in total. The molecular formula is C20H31N5O. The van der Waals surface area contributed by atoms with Gasteiger partial charge in [0.25, 0.3) is 0 Å². The smallest absolute Gasteiger partial charge is 0.191 e. The molecule has 0 bridgehead atoms. The van der Waals surface area contributed by atoms with Crippen molar-refractivity contribution >= 4 is 5.96 Å². The molecule has 1 heterocycles. The average Bonchev–Trinajstić information content (AvgIpc) is 2.66. The van der Waals surface area contributed by atoms with Gasteiger partial charge in [-0.15, -0.1) is 0 Å². The standard InChI is InChI=1S/C20H31N5O/c1-16(2)26-13-12-25-10-8-19(9-11-25)24-20(22-3)23-15-18-6-4-17(14-21)5-7-18/h4-7,16,19H,8-13,15H2,1-3H3,(H2,22,23,24). The van der Waals surface area contributed by atoms with Gasteiger partial charge < -0.3 is 20.3 Å². The van der Waals surface area contributed by atoms with Crippen molar-refractivity contribution in [3.05, 3.63) is 35.4 Å². The van der Waals surface area contributed by atoms with Crippen molar-refractivity contribution in [2.45, 2.75) is 45.4 Å². The van der Waals surface area contributed by atoms with E-state index < -0.39 is 0 Å². The summed E-state index contributed by atoms with van der Waals surface area (Å²) in [5.74, 6) is 0.830. The molecule has 6 heteroatoms. The van der Waals surface area contributed by atoms with E-state index in [1.807, 2.05) is 24.3 Å². The molecule has 1 saturated heterocycles. The van der Waals surface area contributed by atoms with Gasteiger partial charge in [0.2, 0.25) is 0 Å². The van der Waals surface area contributed by atoms with E-state index in [0.717, 1.165) is 50.6 Å². The van der Waals surface area contributed by atoms with Gasteiger partial charge in [-0.2, -0.15) is 5.26 Å². The van der Waals surface area contributed by atoms with Crippen LogP contribution in [0.3, 0.4) is 0 Å². The number of guanidine groups is 1. The maximum Gasteiger partial charge on any atom is 0.191 e. The van der Waals surface area contributed by atoms with Crippen molar-refractivity contribution in [2.75, 3.05) is 33.3 Å². The normalized spacial score (nSPS) is 16.5. The zero-order chi connectivity index (χ0) is 18.8. The molecule has 0 aliphatic carbocycles. The van der Waals surface area contributed by atoms with Gasteiger partial charge >= 0.3 is 0 Å². The molecule has 1 aromatic rings. The number of nitrogens with zero attached hydrogens (tertiary/aromatic N) is 3. The summed E-state index contributed by atoms with van der Waals surface area (Å²) in [6.07, 6.45) is 2.53. The highest BCUT2D eigenvalue weighted by atomic mass is 16.5. The molecule has 0 amide bonds. The monoisotopic (exact) mass is 357 g/mol. The number of aliphatic imine (C=N–C) groups is 1. The summed E-state index contributed by atoms with van der Waals surface area (Å²) in [5, 5.41) is 15.7. The van der Waals surface area contributed by atoms with E-state index in [4.69, 9.17) is 10.00 Å².